The number of piperazine rings is 1. The minimum atomic E-state index is -0.943. The molecule has 1 atom stereocenters. The quantitative estimate of drug-likeness (QED) is 0.450. The van der Waals surface area contributed by atoms with Crippen molar-refractivity contribution < 1.29 is 24.1 Å². The van der Waals surface area contributed by atoms with E-state index < -0.39 is 11.4 Å². The molecule has 11 heteroatoms. The van der Waals surface area contributed by atoms with Gasteiger partial charge in [0.2, 0.25) is 5.88 Å². The standard InChI is InChI=1S/C27H30N6O5/c28-15-27(16-36-17-27)18-38-25-3-1-2-23(30-25)32-9-7-31(8-10-32)14-24-29-21-5-4-19(26(34)35)12-22(21)33(24)13-20-6-11-37-20/h1-5,12,20H,6-11,13-14,16-18H2,(H,34,35). The first-order valence-electron chi connectivity index (χ1n) is 12.9. The van der Waals surface area contributed by atoms with E-state index in [0.717, 1.165) is 61.9 Å². The molecule has 0 amide bonds. The maximum absolute atomic E-state index is 11.6. The summed E-state index contributed by atoms with van der Waals surface area (Å²) >= 11 is 0. The Morgan fingerprint density at radius 2 is 2.00 bits per heavy atom. The van der Waals surface area contributed by atoms with Gasteiger partial charge in [0.05, 0.1) is 55.1 Å². The van der Waals surface area contributed by atoms with E-state index in [1.54, 1.807) is 18.2 Å². The lowest BCUT2D eigenvalue weighted by Gasteiger charge is -2.36. The van der Waals surface area contributed by atoms with Crippen LogP contribution in [0.5, 0.6) is 5.88 Å². The van der Waals surface area contributed by atoms with Crippen molar-refractivity contribution in [2.24, 2.45) is 5.41 Å². The number of benzene rings is 1. The first-order valence-corrected chi connectivity index (χ1v) is 12.9. The largest absolute Gasteiger partial charge is 0.478 e. The topological polar surface area (TPSA) is 126 Å². The monoisotopic (exact) mass is 518 g/mol. The third-order valence-corrected chi connectivity index (χ3v) is 7.51. The summed E-state index contributed by atoms with van der Waals surface area (Å²) in [6.45, 7) is 6.47. The number of nitrogens with zero attached hydrogens (tertiary/aromatic N) is 6. The van der Waals surface area contributed by atoms with Gasteiger partial charge in [-0.3, -0.25) is 4.90 Å². The predicted octanol–water partition coefficient (Wildman–Crippen LogP) is 2.16. The van der Waals surface area contributed by atoms with E-state index in [4.69, 9.17) is 19.2 Å². The van der Waals surface area contributed by atoms with Gasteiger partial charge in [-0.25, -0.2) is 9.78 Å². The van der Waals surface area contributed by atoms with Crippen LogP contribution in [0.1, 0.15) is 22.6 Å². The molecule has 1 N–H and O–H groups in total. The fraction of sp³-hybridized carbons (Fsp3) is 0.481. The van der Waals surface area contributed by atoms with Crippen molar-refractivity contribution in [1.29, 1.82) is 5.26 Å². The van der Waals surface area contributed by atoms with E-state index >= 15 is 0 Å². The van der Waals surface area contributed by atoms with Gasteiger partial charge in [0, 0.05) is 38.9 Å². The highest BCUT2D eigenvalue weighted by Gasteiger charge is 2.40. The predicted molar refractivity (Wildman–Crippen MR) is 137 cm³/mol. The number of pyridine rings is 1. The Morgan fingerprint density at radius 3 is 2.66 bits per heavy atom. The number of ether oxygens (including phenoxy) is 3. The van der Waals surface area contributed by atoms with Crippen LogP contribution in [0.4, 0.5) is 5.82 Å². The third-order valence-electron chi connectivity index (χ3n) is 7.51. The molecular weight excluding hydrogens is 488 g/mol. The second-order valence-corrected chi connectivity index (χ2v) is 10.2. The Hall–Kier alpha value is -3.72. The average Bonchev–Trinajstić information content (AvgIpc) is 3.22. The van der Waals surface area contributed by atoms with Crippen LogP contribution in [-0.2, 0) is 22.6 Å². The van der Waals surface area contributed by atoms with Crippen molar-refractivity contribution in [3.63, 3.8) is 0 Å². The molecule has 0 radical (unpaired) electrons. The van der Waals surface area contributed by atoms with Crippen LogP contribution in [0.25, 0.3) is 11.0 Å². The van der Waals surface area contributed by atoms with Crippen LogP contribution < -0.4 is 9.64 Å². The van der Waals surface area contributed by atoms with E-state index in [-0.39, 0.29) is 18.3 Å². The Labute approximate surface area is 220 Å². The van der Waals surface area contributed by atoms with Crippen molar-refractivity contribution in [1.82, 2.24) is 19.4 Å². The number of rotatable bonds is 9. The van der Waals surface area contributed by atoms with Gasteiger partial charge < -0.3 is 28.8 Å². The van der Waals surface area contributed by atoms with Crippen LogP contribution in [0, 0.1) is 16.7 Å². The van der Waals surface area contributed by atoms with Crippen LogP contribution in [0.3, 0.4) is 0 Å². The van der Waals surface area contributed by atoms with Crippen LogP contribution >= 0.6 is 0 Å². The van der Waals surface area contributed by atoms with Crippen molar-refractivity contribution in [3.8, 4) is 11.9 Å². The summed E-state index contributed by atoms with van der Waals surface area (Å²) in [5.41, 5.74) is 1.33. The van der Waals surface area contributed by atoms with Gasteiger partial charge in [0.25, 0.3) is 0 Å². The fourth-order valence-corrected chi connectivity index (χ4v) is 5.00. The molecule has 0 bridgehead atoms. The minimum Gasteiger partial charge on any atom is -0.478 e. The summed E-state index contributed by atoms with van der Waals surface area (Å²) < 4.78 is 18.8. The lowest BCUT2D eigenvalue weighted by Crippen LogP contribution is -2.47. The Morgan fingerprint density at radius 1 is 1.18 bits per heavy atom. The van der Waals surface area contributed by atoms with Crippen molar-refractivity contribution in [2.75, 3.05) is 57.5 Å². The van der Waals surface area contributed by atoms with Crippen LogP contribution in [0.15, 0.2) is 36.4 Å². The van der Waals surface area contributed by atoms with Gasteiger partial charge in [0.1, 0.15) is 23.7 Å². The van der Waals surface area contributed by atoms with E-state index in [0.29, 0.717) is 32.2 Å². The van der Waals surface area contributed by atoms with E-state index in [2.05, 4.69) is 25.4 Å². The second-order valence-electron chi connectivity index (χ2n) is 10.2. The molecule has 198 valence electrons. The zero-order valence-electron chi connectivity index (χ0n) is 21.1. The van der Waals surface area contributed by atoms with Gasteiger partial charge in [-0.1, -0.05) is 6.07 Å². The summed E-state index contributed by atoms with van der Waals surface area (Å²) in [6, 6.07) is 13.1. The number of nitriles is 1. The summed E-state index contributed by atoms with van der Waals surface area (Å²) in [5.74, 6) is 1.35. The molecule has 3 aliphatic rings. The van der Waals surface area contributed by atoms with Gasteiger partial charge in [0.15, 0.2) is 0 Å². The average molecular weight is 519 g/mol. The number of fused-ring (bicyclic) bond motifs is 1. The molecule has 3 fully saturated rings. The van der Waals surface area contributed by atoms with E-state index in [9.17, 15) is 15.2 Å². The van der Waals surface area contributed by atoms with Crippen molar-refractivity contribution in [3.05, 3.63) is 47.8 Å². The SMILES string of the molecule is N#CC1(COc2cccc(N3CCN(Cc4nc5ccc(C(=O)O)cc5n4CC4CCO4)CC3)n2)COC1. The smallest absolute Gasteiger partial charge is 0.335 e. The molecule has 11 nitrogen and oxygen atoms in total. The molecule has 1 aromatic carbocycles. The molecule has 3 aromatic rings. The maximum Gasteiger partial charge on any atom is 0.335 e. The fourth-order valence-electron chi connectivity index (χ4n) is 5.00. The molecule has 0 saturated carbocycles. The first-order chi connectivity index (χ1) is 18.5. The number of aromatic carboxylic acids is 1. The summed E-state index contributed by atoms with van der Waals surface area (Å²) in [4.78, 5) is 25.7. The molecule has 3 aliphatic heterocycles. The molecular formula is C27H30N6O5. The number of hydrogen-bond donors (Lipinski definition) is 1. The highest BCUT2D eigenvalue weighted by Crippen LogP contribution is 2.28. The zero-order chi connectivity index (χ0) is 26.1. The Balaban J connectivity index is 1.11. The molecule has 5 heterocycles. The first kappa shape index (κ1) is 24.6. The Bertz CT molecular complexity index is 1370. The van der Waals surface area contributed by atoms with Gasteiger partial charge in [-0.05, 0) is 30.7 Å². The Kier molecular flexibility index (Phi) is 6.61. The number of carboxylic acid groups (broad SMARTS) is 1. The zero-order valence-corrected chi connectivity index (χ0v) is 21.1. The minimum absolute atomic E-state index is 0.136. The number of carboxylic acids is 1. The molecule has 2 aromatic heterocycles. The van der Waals surface area contributed by atoms with Gasteiger partial charge in [-0.15, -0.1) is 0 Å². The third kappa shape index (κ3) is 4.90. The lowest BCUT2D eigenvalue weighted by molar-refractivity contribution is -0.0968. The molecule has 1 unspecified atom stereocenters. The maximum atomic E-state index is 11.6. The molecule has 0 aliphatic carbocycles. The highest BCUT2D eigenvalue weighted by atomic mass is 16.5. The summed E-state index contributed by atoms with van der Waals surface area (Å²) in [5, 5.41) is 18.8. The molecule has 0 spiro atoms. The van der Waals surface area contributed by atoms with Gasteiger partial charge in [-0.2, -0.15) is 10.2 Å². The second kappa shape index (κ2) is 10.2. The number of hydrogen-bond acceptors (Lipinski definition) is 9. The van der Waals surface area contributed by atoms with Crippen molar-refractivity contribution in [2.45, 2.75) is 25.6 Å². The lowest BCUT2D eigenvalue weighted by atomic mass is 9.89. The van der Waals surface area contributed by atoms with Crippen LogP contribution in [-0.4, -0.2) is 89.2 Å². The van der Waals surface area contributed by atoms with Gasteiger partial charge >= 0.3 is 5.97 Å². The normalized spacial score (nSPS) is 20.9. The van der Waals surface area contributed by atoms with E-state index in [1.165, 1.54) is 0 Å². The number of aromatic nitrogens is 3. The molecule has 38 heavy (non-hydrogen) atoms. The number of imidazole rings is 1. The highest BCUT2D eigenvalue weighted by molar-refractivity contribution is 5.92. The summed E-state index contributed by atoms with van der Waals surface area (Å²) in [6.07, 6.45) is 1.13. The van der Waals surface area contributed by atoms with E-state index in [1.807, 2.05) is 18.2 Å². The number of anilines is 1. The number of carbonyl (C=O) groups is 1. The molecule has 3 saturated heterocycles. The van der Waals surface area contributed by atoms with Crippen LogP contribution in [0.2, 0.25) is 0 Å². The summed E-state index contributed by atoms with van der Waals surface area (Å²) in [7, 11) is 0. The van der Waals surface area contributed by atoms with Crippen molar-refractivity contribution >= 4 is 22.8 Å². The molecule has 6 rings (SSSR count).